The van der Waals surface area contributed by atoms with Crippen molar-refractivity contribution in [3.63, 3.8) is 0 Å². The maximum absolute atomic E-state index is 12.3. The van der Waals surface area contributed by atoms with E-state index in [4.69, 9.17) is 32.7 Å². The van der Waals surface area contributed by atoms with Gasteiger partial charge < -0.3 is 20.1 Å². The Balaban J connectivity index is 1.57. The predicted octanol–water partition coefficient (Wildman–Crippen LogP) is 6.81. The number of amides is 1. The van der Waals surface area contributed by atoms with Gasteiger partial charge in [-0.2, -0.15) is 0 Å². The van der Waals surface area contributed by atoms with Gasteiger partial charge in [0.1, 0.15) is 0 Å². The first-order chi connectivity index (χ1) is 16.4. The zero-order valence-corrected chi connectivity index (χ0v) is 22.2. The van der Waals surface area contributed by atoms with E-state index in [1.54, 1.807) is 6.07 Å². The van der Waals surface area contributed by atoms with E-state index in [0.29, 0.717) is 34.7 Å². The molecule has 34 heavy (non-hydrogen) atoms. The fourth-order valence-corrected chi connectivity index (χ4v) is 4.21. The molecule has 0 unspecified atom stereocenters. The lowest BCUT2D eigenvalue weighted by Crippen LogP contribution is -2.20. The first kappa shape index (κ1) is 26.4. The molecule has 0 aliphatic rings. The SMILES string of the molecule is CCOc1cc(CNCCc2ccc(Cl)cc2Cl)c(Br)cc1OCC(=O)Nc1ccc(C)cc1. The Labute approximate surface area is 218 Å². The third-order valence-corrected chi connectivity index (χ3v) is 6.33. The van der Waals surface area contributed by atoms with Crippen molar-refractivity contribution in [1.82, 2.24) is 5.32 Å². The summed E-state index contributed by atoms with van der Waals surface area (Å²) in [6.07, 6.45) is 0.781. The second-order valence-electron chi connectivity index (χ2n) is 7.69. The molecular weight excluding hydrogens is 539 g/mol. The summed E-state index contributed by atoms with van der Waals surface area (Å²) in [5.74, 6) is 0.852. The molecule has 3 aromatic rings. The Morgan fingerprint density at radius 1 is 0.971 bits per heavy atom. The van der Waals surface area contributed by atoms with E-state index >= 15 is 0 Å². The van der Waals surface area contributed by atoms with Crippen molar-refractivity contribution in [1.29, 1.82) is 0 Å². The highest BCUT2D eigenvalue weighted by molar-refractivity contribution is 9.10. The number of hydrogen-bond donors (Lipinski definition) is 2. The highest BCUT2D eigenvalue weighted by Gasteiger charge is 2.13. The molecule has 0 aliphatic carbocycles. The Kier molecular flexibility index (Phi) is 10.1. The van der Waals surface area contributed by atoms with Crippen LogP contribution >= 0.6 is 39.1 Å². The summed E-state index contributed by atoms with van der Waals surface area (Å²) in [6, 6.07) is 16.9. The standard InChI is InChI=1S/C26H27BrCl2N2O3/c1-3-33-24-12-19(15-30-11-10-18-6-7-20(28)13-23(18)29)22(27)14-25(24)34-16-26(32)31-21-8-4-17(2)5-9-21/h4-9,12-14,30H,3,10-11,15-16H2,1-2H3,(H,31,32). The van der Waals surface area contributed by atoms with Crippen LogP contribution in [-0.4, -0.2) is 25.7 Å². The smallest absolute Gasteiger partial charge is 0.262 e. The maximum atomic E-state index is 12.3. The summed E-state index contributed by atoms with van der Waals surface area (Å²) in [4.78, 5) is 12.3. The molecule has 0 saturated carbocycles. The quantitative estimate of drug-likeness (QED) is 0.251. The van der Waals surface area contributed by atoms with Crippen molar-refractivity contribution >= 4 is 50.7 Å². The van der Waals surface area contributed by atoms with Gasteiger partial charge in [0, 0.05) is 26.8 Å². The lowest BCUT2D eigenvalue weighted by molar-refractivity contribution is -0.118. The zero-order chi connectivity index (χ0) is 24.5. The first-order valence-electron chi connectivity index (χ1n) is 10.9. The van der Waals surface area contributed by atoms with E-state index in [1.165, 1.54) is 0 Å². The van der Waals surface area contributed by atoms with Crippen LogP contribution in [0.5, 0.6) is 11.5 Å². The summed E-state index contributed by atoms with van der Waals surface area (Å²) >= 11 is 15.8. The minimum atomic E-state index is -0.242. The van der Waals surface area contributed by atoms with Crippen molar-refractivity contribution in [2.45, 2.75) is 26.8 Å². The van der Waals surface area contributed by atoms with E-state index in [-0.39, 0.29) is 12.5 Å². The monoisotopic (exact) mass is 564 g/mol. The molecule has 5 nitrogen and oxygen atoms in total. The number of halogens is 3. The van der Waals surface area contributed by atoms with Gasteiger partial charge in [0.2, 0.25) is 0 Å². The van der Waals surface area contributed by atoms with Crippen LogP contribution in [0.25, 0.3) is 0 Å². The van der Waals surface area contributed by atoms with Gasteiger partial charge in [-0.05, 0) is 74.3 Å². The molecule has 0 fully saturated rings. The van der Waals surface area contributed by atoms with E-state index in [9.17, 15) is 4.79 Å². The van der Waals surface area contributed by atoms with Crippen LogP contribution in [0.3, 0.4) is 0 Å². The van der Waals surface area contributed by atoms with Crippen molar-refractivity contribution in [3.8, 4) is 11.5 Å². The minimum Gasteiger partial charge on any atom is -0.490 e. The van der Waals surface area contributed by atoms with Gasteiger partial charge >= 0.3 is 0 Å². The number of benzene rings is 3. The largest absolute Gasteiger partial charge is 0.490 e. The van der Waals surface area contributed by atoms with E-state index in [0.717, 1.165) is 39.8 Å². The van der Waals surface area contributed by atoms with Crippen LogP contribution in [0.15, 0.2) is 59.1 Å². The number of nitrogens with one attached hydrogen (secondary N) is 2. The Bertz CT molecular complexity index is 1120. The average molecular weight is 566 g/mol. The highest BCUT2D eigenvalue weighted by atomic mass is 79.9. The number of carbonyl (C=O) groups is 1. The maximum Gasteiger partial charge on any atom is 0.262 e. The van der Waals surface area contributed by atoms with Gasteiger partial charge in [-0.15, -0.1) is 0 Å². The molecule has 8 heteroatoms. The molecule has 3 aromatic carbocycles. The molecule has 0 aliphatic heterocycles. The molecule has 180 valence electrons. The summed E-state index contributed by atoms with van der Waals surface area (Å²) in [7, 11) is 0. The van der Waals surface area contributed by atoms with Gasteiger partial charge in [0.25, 0.3) is 5.91 Å². The topological polar surface area (TPSA) is 59.6 Å². The van der Waals surface area contributed by atoms with Crippen LogP contribution in [0, 0.1) is 6.92 Å². The zero-order valence-electron chi connectivity index (χ0n) is 19.1. The van der Waals surface area contributed by atoms with Crippen molar-refractivity contribution in [2.75, 3.05) is 25.1 Å². The van der Waals surface area contributed by atoms with Gasteiger partial charge in [-0.3, -0.25) is 4.79 Å². The van der Waals surface area contributed by atoms with Gasteiger partial charge in [-0.1, -0.05) is 62.9 Å². The van der Waals surface area contributed by atoms with Crippen molar-refractivity contribution < 1.29 is 14.3 Å². The molecule has 0 bridgehead atoms. The van der Waals surface area contributed by atoms with E-state index in [2.05, 4.69) is 26.6 Å². The average Bonchev–Trinajstić information content (AvgIpc) is 2.80. The molecule has 0 heterocycles. The second-order valence-corrected chi connectivity index (χ2v) is 9.39. The van der Waals surface area contributed by atoms with Gasteiger partial charge in [-0.25, -0.2) is 0 Å². The number of anilines is 1. The molecule has 2 N–H and O–H groups in total. The summed E-state index contributed by atoms with van der Waals surface area (Å²) < 4.78 is 12.4. The molecule has 1 amide bonds. The minimum absolute atomic E-state index is 0.125. The van der Waals surface area contributed by atoms with Crippen LogP contribution in [-0.2, 0) is 17.8 Å². The van der Waals surface area contributed by atoms with Crippen LogP contribution < -0.4 is 20.1 Å². The van der Waals surface area contributed by atoms with Crippen molar-refractivity contribution in [2.24, 2.45) is 0 Å². The molecule has 0 radical (unpaired) electrons. The number of carbonyl (C=O) groups excluding carboxylic acids is 1. The lowest BCUT2D eigenvalue weighted by atomic mass is 10.1. The number of aryl methyl sites for hydroxylation is 1. The number of ether oxygens (including phenoxy) is 2. The third-order valence-electron chi connectivity index (χ3n) is 5.01. The Hall–Kier alpha value is -2.25. The molecule has 0 atom stereocenters. The Morgan fingerprint density at radius 2 is 1.71 bits per heavy atom. The van der Waals surface area contributed by atoms with Crippen LogP contribution in [0.2, 0.25) is 10.0 Å². The fraction of sp³-hybridized carbons (Fsp3) is 0.269. The van der Waals surface area contributed by atoms with Crippen LogP contribution in [0.4, 0.5) is 5.69 Å². The predicted molar refractivity (Wildman–Crippen MR) is 142 cm³/mol. The molecular formula is C26H27BrCl2N2O3. The van der Waals surface area contributed by atoms with Gasteiger partial charge in [0.05, 0.1) is 6.61 Å². The normalized spacial score (nSPS) is 10.7. The van der Waals surface area contributed by atoms with Crippen LogP contribution in [0.1, 0.15) is 23.6 Å². The third kappa shape index (κ3) is 7.91. The summed E-state index contributed by atoms with van der Waals surface area (Å²) in [6.45, 7) is 5.63. The lowest BCUT2D eigenvalue weighted by Gasteiger charge is -2.15. The summed E-state index contributed by atoms with van der Waals surface area (Å²) in [5.41, 5.74) is 3.91. The number of rotatable bonds is 11. The number of hydrogen-bond acceptors (Lipinski definition) is 4. The molecule has 0 saturated heterocycles. The molecule has 3 rings (SSSR count). The van der Waals surface area contributed by atoms with Gasteiger partial charge in [0.15, 0.2) is 18.1 Å². The first-order valence-corrected chi connectivity index (χ1v) is 12.5. The fourth-order valence-electron chi connectivity index (χ4n) is 3.24. The molecule has 0 aromatic heterocycles. The van der Waals surface area contributed by atoms with Crippen molar-refractivity contribution in [3.05, 3.63) is 85.8 Å². The highest BCUT2D eigenvalue weighted by Crippen LogP contribution is 2.34. The van der Waals surface area contributed by atoms with E-state index < -0.39 is 0 Å². The van der Waals surface area contributed by atoms with E-state index in [1.807, 2.05) is 62.4 Å². The Morgan fingerprint density at radius 3 is 2.41 bits per heavy atom. The molecule has 0 spiro atoms. The summed E-state index contributed by atoms with van der Waals surface area (Å²) in [5, 5.41) is 7.55. The second kappa shape index (κ2) is 13.0.